The van der Waals surface area contributed by atoms with Crippen LogP contribution in [0.1, 0.15) is 13.8 Å². The Morgan fingerprint density at radius 1 is 1.42 bits per heavy atom. The fraction of sp³-hybridized carbons (Fsp3) is 0.556. The molecule has 0 saturated carbocycles. The Morgan fingerprint density at radius 2 is 2.08 bits per heavy atom. The Hall–Kier alpha value is -0.960. The number of hydrogen-bond acceptors (Lipinski definition) is 3. The van der Waals surface area contributed by atoms with Gasteiger partial charge in [0.2, 0.25) is 0 Å². The van der Waals surface area contributed by atoms with Crippen LogP contribution >= 0.6 is 0 Å². The van der Waals surface area contributed by atoms with Crippen LogP contribution in [0.4, 0.5) is 0 Å². The molecule has 0 spiro atoms. The Bertz CT molecular complexity index is 162. The van der Waals surface area contributed by atoms with Crippen molar-refractivity contribution in [3.63, 3.8) is 0 Å². The monoisotopic (exact) mass is 170 g/mol. The smallest absolute Gasteiger partial charge is 0.135 e. The van der Waals surface area contributed by atoms with Crippen molar-refractivity contribution < 1.29 is 4.74 Å². The van der Waals surface area contributed by atoms with E-state index < -0.39 is 0 Å². The van der Waals surface area contributed by atoms with Gasteiger partial charge in [0.1, 0.15) is 5.76 Å². The van der Waals surface area contributed by atoms with Gasteiger partial charge in [0.05, 0.1) is 13.3 Å². The minimum atomic E-state index is 0.540. The number of methoxy groups -OCH3 is 1. The second-order valence-electron chi connectivity index (χ2n) is 2.75. The Labute approximate surface area is 74.5 Å². The maximum Gasteiger partial charge on any atom is 0.135 e. The predicted molar refractivity (Wildman–Crippen MR) is 51.3 cm³/mol. The van der Waals surface area contributed by atoms with E-state index in [1.54, 1.807) is 20.4 Å². The zero-order chi connectivity index (χ0) is 9.40. The van der Waals surface area contributed by atoms with Crippen LogP contribution in [0.5, 0.6) is 0 Å². The number of allylic oxidation sites excluding steroid dienone is 2. The Kier molecular flexibility index (Phi) is 6.19. The average molecular weight is 170 g/mol. The van der Waals surface area contributed by atoms with Gasteiger partial charge in [-0.1, -0.05) is 19.9 Å². The van der Waals surface area contributed by atoms with Gasteiger partial charge in [-0.25, -0.2) is 5.43 Å². The summed E-state index contributed by atoms with van der Waals surface area (Å²) in [5.41, 5.74) is 5.61. The fourth-order valence-electron chi connectivity index (χ4n) is 0.606. The van der Waals surface area contributed by atoms with Crippen LogP contribution in [0, 0.1) is 5.92 Å². The summed E-state index contributed by atoms with van der Waals surface area (Å²) in [7, 11) is 3.45. The van der Waals surface area contributed by atoms with Crippen molar-refractivity contribution in [2.45, 2.75) is 13.8 Å². The van der Waals surface area contributed by atoms with Crippen LogP contribution in [0.25, 0.3) is 0 Å². The van der Waals surface area contributed by atoms with Gasteiger partial charge >= 0.3 is 0 Å². The maximum absolute atomic E-state index is 5.07. The van der Waals surface area contributed by atoms with Gasteiger partial charge in [-0.15, -0.1) is 0 Å². The first-order valence-corrected chi connectivity index (χ1v) is 4.05. The van der Waals surface area contributed by atoms with Gasteiger partial charge in [-0.2, -0.15) is 0 Å². The molecule has 0 aromatic heterocycles. The largest absolute Gasteiger partial charge is 0.495 e. The first kappa shape index (κ1) is 11.0. The van der Waals surface area contributed by atoms with Crippen molar-refractivity contribution in [2.24, 2.45) is 5.92 Å². The van der Waals surface area contributed by atoms with Crippen molar-refractivity contribution in [3.8, 4) is 0 Å². The first-order valence-electron chi connectivity index (χ1n) is 4.05. The normalized spacial score (nSPS) is 12.6. The zero-order valence-corrected chi connectivity index (χ0v) is 8.22. The third-order valence-corrected chi connectivity index (χ3v) is 1.24. The maximum atomic E-state index is 5.07. The van der Waals surface area contributed by atoms with E-state index in [2.05, 4.69) is 30.8 Å². The number of rotatable bonds is 5. The Balaban J connectivity index is 3.98. The number of hydrogen-bond donors (Lipinski definition) is 2. The number of hydrazine groups is 1. The molecule has 2 N–H and O–H groups in total. The molecule has 0 atom stereocenters. The lowest BCUT2D eigenvalue weighted by Gasteiger charge is -2.02. The lowest BCUT2D eigenvalue weighted by molar-refractivity contribution is 0.302. The predicted octanol–water partition coefficient (Wildman–Crippen LogP) is 1.41. The summed E-state index contributed by atoms with van der Waals surface area (Å²) in [6, 6.07) is 0. The molecule has 0 aromatic carbocycles. The molecule has 0 aromatic rings. The van der Waals surface area contributed by atoms with Crippen LogP contribution in [-0.2, 0) is 4.74 Å². The molecular formula is C9H18N2O. The van der Waals surface area contributed by atoms with Crippen molar-refractivity contribution in [1.82, 2.24) is 10.9 Å². The average Bonchev–Trinajstić information content (AvgIpc) is 2.05. The zero-order valence-electron chi connectivity index (χ0n) is 8.22. The molecule has 0 aliphatic heterocycles. The van der Waals surface area contributed by atoms with Crippen LogP contribution in [0.3, 0.4) is 0 Å². The van der Waals surface area contributed by atoms with Crippen molar-refractivity contribution in [1.29, 1.82) is 0 Å². The van der Waals surface area contributed by atoms with Gasteiger partial charge < -0.3 is 10.2 Å². The van der Waals surface area contributed by atoms with Gasteiger partial charge in [0, 0.05) is 7.05 Å². The highest BCUT2D eigenvalue weighted by Gasteiger charge is 1.89. The third kappa shape index (κ3) is 5.80. The van der Waals surface area contributed by atoms with Crippen LogP contribution < -0.4 is 10.9 Å². The van der Waals surface area contributed by atoms with E-state index in [1.165, 1.54) is 0 Å². The van der Waals surface area contributed by atoms with E-state index >= 15 is 0 Å². The summed E-state index contributed by atoms with van der Waals surface area (Å²) in [6.07, 6.45) is 5.78. The lowest BCUT2D eigenvalue weighted by atomic mass is 10.2. The summed E-state index contributed by atoms with van der Waals surface area (Å²) >= 11 is 0. The summed E-state index contributed by atoms with van der Waals surface area (Å²) < 4.78 is 5.07. The van der Waals surface area contributed by atoms with Crippen LogP contribution in [0.15, 0.2) is 24.1 Å². The minimum Gasteiger partial charge on any atom is -0.495 e. The van der Waals surface area contributed by atoms with E-state index in [1.807, 2.05) is 6.08 Å². The van der Waals surface area contributed by atoms with Gasteiger partial charge in [0.25, 0.3) is 0 Å². The molecule has 0 amide bonds. The second kappa shape index (κ2) is 6.73. The van der Waals surface area contributed by atoms with Crippen molar-refractivity contribution in [2.75, 3.05) is 14.2 Å². The molecule has 0 saturated heterocycles. The Morgan fingerprint density at radius 3 is 2.50 bits per heavy atom. The molecule has 0 rings (SSSR count). The topological polar surface area (TPSA) is 33.3 Å². The van der Waals surface area contributed by atoms with E-state index in [9.17, 15) is 0 Å². The van der Waals surface area contributed by atoms with Crippen LogP contribution in [-0.4, -0.2) is 14.2 Å². The molecule has 0 fully saturated rings. The molecular weight excluding hydrogens is 152 g/mol. The first-order chi connectivity index (χ1) is 5.70. The number of nitrogens with one attached hydrogen (secondary N) is 2. The highest BCUT2D eigenvalue weighted by Crippen LogP contribution is 2.00. The quantitative estimate of drug-likeness (QED) is 0.372. The molecule has 0 heterocycles. The minimum absolute atomic E-state index is 0.540. The molecule has 12 heavy (non-hydrogen) atoms. The summed E-state index contributed by atoms with van der Waals surface area (Å²) in [4.78, 5) is 0. The molecule has 70 valence electrons. The van der Waals surface area contributed by atoms with Gasteiger partial charge in [-0.3, -0.25) is 0 Å². The highest BCUT2D eigenvalue weighted by molar-refractivity contribution is 5.11. The van der Waals surface area contributed by atoms with Gasteiger partial charge in [-0.05, 0) is 12.0 Å². The fourth-order valence-corrected chi connectivity index (χ4v) is 0.606. The van der Waals surface area contributed by atoms with Gasteiger partial charge in [0.15, 0.2) is 0 Å². The van der Waals surface area contributed by atoms with Crippen molar-refractivity contribution >= 4 is 0 Å². The lowest BCUT2D eigenvalue weighted by Crippen LogP contribution is -2.21. The summed E-state index contributed by atoms with van der Waals surface area (Å²) in [6.45, 7) is 4.24. The van der Waals surface area contributed by atoms with Crippen LogP contribution in [0.2, 0.25) is 0 Å². The highest BCUT2D eigenvalue weighted by atomic mass is 16.5. The van der Waals surface area contributed by atoms with E-state index in [-0.39, 0.29) is 0 Å². The standard InChI is InChI=1S/C9H18N2O/c1-8(2)5-6-9(12-4)7-11-10-3/h5-8,10-11H,1-4H3/b6-5+,9-7+. The number of ether oxygens (including phenoxy) is 1. The molecule has 0 radical (unpaired) electrons. The third-order valence-electron chi connectivity index (χ3n) is 1.24. The van der Waals surface area contributed by atoms with E-state index in [4.69, 9.17) is 4.74 Å². The van der Waals surface area contributed by atoms with E-state index in [0.29, 0.717) is 5.92 Å². The second-order valence-corrected chi connectivity index (χ2v) is 2.75. The SMILES string of the molecule is CNN/C=C(\C=C\C(C)C)OC. The molecule has 0 aliphatic rings. The molecule has 0 aliphatic carbocycles. The van der Waals surface area contributed by atoms with Crippen molar-refractivity contribution in [3.05, 3.63) is 24.1 Å². The molecule has 0 unspecified atom stereocenters. The van der Waals surface area contributed by atoms with E-state index in [0.717, 1.165) is 5.76 Å². The molecule has 0 bridgehead atoms. The summed E-state index contributed by atoms with van der Waals surface area (Å²) in [5, 5.41) is 0. The molecule has 3 heteroatoms. The molecule has 3 nitrogen and oxygen atoms in total. The summed E-state index contributed by atoms with van der Waals surface area (Å²) in [5.74, 6) is 1.34.